The Balaban J connectivity index is 1.54. The number of nitriles is 1. The molecule has 142 valence electrons. The lowest BCUT2D eigenvalue weighted by Gasteiger charge is -2.25. The summed E-state index contributed by atoms with van der Waals surface area (Å²) in [5.74, 6) is -0.128. The van der Waals surface area contributed by atoms with Gasteiger partial charge in [-0.25, -0.2) is 0 Å². The van der Waals surface area contributed by atoms with Gasteiger partial charge in [0.15, 0.2) is 0 Å². The van der Waals surface area contributed by atoms with Crippen LogP contribution in [0.4, 0.5) is 0 Å². The van der Waals surface area contributed by atoms with Crippen LogP contribution in [0.15, 0.2) is 54.6 Å². The summed E-state index contributed by atoms with van der Waals surface area (Å²) in [4.78, 5) is 29.4. The molecule has 2 aromatic carbocycles. The Bertz CT molecular complexity index is 920. The van der Waals surface area contributed by atoms with Crippen LogP contribution in [0.3, 0.4) is 0 Å². The third-order valence-electron chi connectivity index (χ3n) is 5.65. The van der Waals surface area contributed by atoms with E-state index >= 15 is 0 Å². The van der Waals surface area contributed by atoms with E-state index in [1.165, 1.54) is 0 Å². The molecular formula is C22H21N3O3. The highest BCUT2D eigenvalue weighted by molar-refractivity contribution is 5.95. The molecule has 2 aromatic rings. The lowest BCUT2D eigenvalue weighted by atomic mass is 10.0. The Kier molecular flexibility index (Phi) is 4.84. The molecule has 2 aliphatic rings. The molecule has 28 heavy (non-hydrogen) atoms. The first-order chi connectivity index (χ1) is 13.6. The van der Waals surface area contributed by atoms with Gasteiger partial charge in [0.1, 0.15) is 6.10 Å². The van der Waals surface area contributed by atoms with Crippen molar-refractivity contribution in [3.05, 3.63) is 71.3 Å². The monoisotopic (exact) mass is 375 g/mol. The van der Waals surface area contributed by atoms with Crippen molar-refractivity contribution in [3.8, 4) is 6.07 Å². The summed E-state index contributed by atoms with van der Waals surface area (Å²) in [5.41, 5.74) is 2.13. The van der Waals surface area contributed by atoms with Gasteiger partial charge in [-0.1, -0.05) is 30.3 Å². The van der Waals surface area contributed by atoms with E-state index in [0.717, 1.165) is 5.56 Å². The van der Waals surface area contributed by atoms with Gasteiger partial charge in [0.2, 0.25) is 0 Å². The van der Waals surface area contributed by atoms with Gasteiger partial charge < -0.3 is 14.5 Å². The van der Waals surface area contributed by atoms with Gasteiger partial charge in [-0.2, -0.15) is 5.26 Å². The van der Waals surface area contributed by atoms with Gasteiger partial charge in [0.05, 0.1) is 17.7 Å². The van der Waals surface area contributed by atoms with Crippen LogP contribution in [0, 0.1) is 17.2 Å². The SMILES string of the molecule is CO[C@@H]1C(=O)N(Cc2ccccc2)[C@@H]2CN(C(=O)c3ccc(C#N)cc3)C[C@H]12. The van der Waals surface area contributed by atoms with Gasteiger partial charge >= 0.3 is 0 Å². The zero-order valence-electron chi connectivity index (χ0n) is 15.6. The molecule has 0 unspecified atom stereocenters. The Labute approximate surface area is 163 Å². The highest BCUT2D eigenvalue weighted by Gasteiger charge is 2.53. The zero-order valence-corrected chi connectivity index (χ0v) is 15.6. The molecule has 0 aliphatic carbocycles. The number of hydrogen-bond acceptors (Lipinski definition) is 4. The summed E-state index contributed by atoms with van der Waals surface area (Å²) in [7, 11) is 1.55. The number of likely N-dealkylation sites (tertiary alicyclic amines) is 2. The van der Waals surface area contributed by atoms with Crippen molar-refractivity contribution >= 4 is 11.8 Å². The van der Waals surface area contributed by atoms with E-state index in [1.54, 1.807) is 36.3 Å². The molecule has 6 nitrogen and oxygen atoms in total. The van der Waals surface area contributed by atoms with Crippen molar-refractivity contribution in [1.29, 1.82) is 5.26 Å². The quantitative estimate of drug-likeness (QED) is 0.820. The summed E-state index contributed by atoms with van der Waals surface area (Å²) in [6, 6.07) is 18.5. The second-order valence-corrected chi connectivity index (χ2v) is 7.24. The van der Waals surface area contributed by atoms with Crippen molar-refractivity contribution < 1.29 is 14.3 Å². The standard InChI is InChI=1S/C22H21N3O3/c1-28-20-18-13-24(21(26)17-9-7-15(11-23)8-10-17)14-19(18)25(22(20)27)12-16-5-3-2-4-6-16/h2-10,18-20H,12-14H2,1H3/t18-,19+,20-/m0/s1. The Morgan fingerprint density at radius 1 is 1.14 bits per heavy atom. The third kappa shape index (κ3) is 3.14. The number of ether oxygens (including phenoxy) is 1. The molecule has 3 atom stereocenters. The third-order valence-corrected chi connectivity index (χ3v) is 5.65. The highest BCUT2D eigenvalue weighted by Crippen LogP contribution is 2.35. The summed E-state index contributed by atoms with van der Waals surface area (Å²) >= 11 is 0. The van der Waals surface area contributed by atoms with E-state index in [0.29, 0.717) is 30.8 Å². The first kappa shape index (κ1) is 18.2. The predicted octanol–water partition coefficient (Wildman–Crippen LogP) is 2.06. The smallest absolute Gasteiger partial charge is 0.253 e. The molecule has 0 bridgehead atoms. The van der Waals surface area contributed by atoms with Crippen LogP contribution in [0.1, 0.15) is 21.5 Å². The highest BCUT2D eigenvalue weighted by atomic mass is 16.5. The first-order valence-corrected chi connectivity index (χ1v) is 9.29. The number of fused-ring (bicyclic) bond motifs is 1. The van der Waals surface area contributed by atoms with Gasteiger partial charge in [-0.05, 0) is 29.8 Å². The molecular weight excluding hydrogens is 354 g/mol. The second kappa shape index (κ2) is 7.45. The first-order valence-electron chi connectivity index (χ1n) is 9.29. The van der Waals surface area contributed by atoms with E-state index in [9.17, 15) is 9.59 Å². The number of methoxy groups -OCH3 is 1. The Morgan fingerprint density at radius 2 is 1.86 bits per heavy atom. The fourth-order valence-corrected chi connectivity index (χ4v) is 4.24. The molecule has 6 heteroatoms. The molecule has 2 saturated heterocycles. The van der Waals surface area contributed by atoms with Crippen LogP contribution in [-0.2, 0) is 16.1 Å². The number of benzene rings is 2. The number of amides is 2. The minimum Gasteiger partial charge on any atom is -0.371 e. The Hall–Kier alpha value is -3.17. The van der Waals surface area contributed by atoms with Crippen LogP contribution in [0.5, 0.6) is 0 Å². The van der Waals surface area contributed by atoms with Crippen molar-refractivity contribution in [2.45, 2.75) is 18.7 Å². The minimum atomic E-state index is -0.521. The van der Waals surface area contributed by atoms with Crippen LogP contribution in [0.2, 0.25) is 0 Å². The van der Waals surface area contributed by atoms with E-state index in [2.05, 4.69) is 6.07 Å². The molecule has 0 N–H and O–H groups in total. The molecule has 0 aromatic heterocycles. The molecule has 2 aliphatic heterocycles. The van der Waals surface area contributed by atoms with E-state index in [-0.39, 0.29) is 23.8 Å². The number of rotatable bonds is 4. The predicted molar refractivity (Wildman–Crippen MR) is 102 cm³/mol. The zero-order chi connectivity index (χ0) is 19.7. The molecule has 2 heterocycles. The van der Waals surface area contributed by atoms with Crippen molar-refractivity contribution in [1.82, 2.24) is 9.80 Å². The maximum absolute atomic E-state index is 12.9. The number of nitrogens with zero attached hydrogens (tertiary/aromatic N) is 3. The normalized spacial score (nSPS) is 23.6. The minimum absolute atomic E-state index is 0.00757. The van der Waals surface area contributed by atoms with E-state index in [1.807, 2.05) is 35.2 Å². The summed E-state index contributed by atoms with van der Waals surface area (Å²) in [5, 5.41) is 8.92. The lowest BCUT2D eigenvalue weighted by molar-refractivity contribution is -0.138. The van der Waals surface area contributed by atoms with Gasteiger partial charge in [0, 0.05) is 38.2 Å². The lowest BCUT2D eigenvalue weighted by Crippen LogP contribution is -2.40. The van der Waals surface area contributed by atoms with Crippen molar-refractivity contribution in [2.24, 2.45) is 5.92 Å². The summed E-state index contributed by atoms with van der Waals surface area (Å²) < 4.78 is 5.50. The molecule has 4 rings (SSSR count). The second-order valence-electron chi connectivity index (χ2n) is 7.24. The number of carbonyl (C=O) groups excluding carboxylic acids is 2. The molecule has 0 radical (unpaired) electrons. The summed E-state index contributed by atoms with van der Waals surface area (Å²) in [6.07, 6.45) is -0.521. The topological polar surface area (TPSA) is 73.6 Å². The maximum atomic E-state index is 12.9. The van der Waals surface area contributed by atoms with Gasteiger partial charge in [-0.3, -0.25) is 9.59 Å². The Morgan fingerprint density at radius 3 is 2.50 bits per heavy atom. The molecule has 2 fully saturated rings. The van der Waals surface area contributed by atoms with Crippen LogP contribution >= 0.6 is 0 Å². The van der Waals surface area contributed by atoms with Gasteiger partial charge in [0.25, 0.3) is 11.8 Å². The van der Waals surface area contributed by atoms with Crippen molar-refractivity contribution in [2.75, 3.05) is 20.2 Å². The average Bonchev–Trinajstić information content (AvgIpc) is 3.26. The van der Waals surface area contributed by atoms with Crippen LogP contribution < -0.4 is 0 Å². The average molecular weight is 375 g/mol. The fourth-order valence-electron chi connectivity index (χ4n) is 4.24. The maximum Gasteiger partial charge on any atom is 0.253 e. The number of carbonyl (C=O) groups is 2. The van der Waals surface area contributed by atoms with Crippen molar-refractivity contribution in [3.63, 3.8) is 0 Å². The summed E-state index contributed by atoms with van der Waals surface area (Å²) in [6.45, 7) is 1.49. The van der Waals surface area contributed by atoms with Crippen LogP contribution in [0.25, 0.3) is 0 Å². The van der Waals surface area contributed by atoms with E-state index in [4.69, 9.17) is 10.00 Å². The molecule has 2 amide bonds. The molecule has 0 spiro atoms. The fraction of sp³-hybridized carbons (Fsp3) is 0.318. The number of hydrogen-bond donors (Lipinski definition) is 0. The van der Waals surface area contributed by atoms with Gasteiger partial charge in [-0.15, -0.1) is 0 Å². The molecule has 0 saturated carbocycles. The van der Waals surface area contributed by atoms with Crippen LogP contribution in [-0.4, -0.2) is 54.0 Å². The van der Waals surface area contributed by atoms with E-state index < -0.39 is 6.10 Å². The largest absolute Gasteiger partial charge is 0.371 e.